The van der Waals surface area contributed by atoms with Gasteiger partial charge in [0.2, 0.25) is 0 Å². The molecule has 0 saturated carbocycles. The molecule has 3 nitrogen and oxygen atoms in total. The lowest BCUT2D eigenvalue weighted by atomic mass is 10.0. The smallest absolute Gasteiger partial charge is 0.331 e. The average Bonchev–Trinajstić information content (AvgIpc) is 2.44. The number of benzene rings is 2. The number of thiol groups is 1. The molecular formula is C16H15NO2S. The molecule has 20 heavy (non-hydrogen) atoms. The second kappa shape index (κ2) is 5.84. The van der Waals surface area contributed by atoms with Crippen molar-refractivity contribution in [2.24, 2.45) is 0 Å². The van der Waals surface area contributed by atoms with Gasteiger partial charge >= 0.3 is 5.97 Å². The van der Waals surface area contributed by atoms with Crippen LogP contribution in [0.2, 0.25) is 0 Å². The number of nitrogen functional groups attached to an aromatic ring is 1. The molecule has 4 heteroatoms. The first-order chi connectivity index (χ1) is 9.49. The van der Waals surface area contributed by atoms with Crippen molar-refractivity contribution < 1.29 is 9.90 Å². The van der Waals surface area contributed by atoms with Crippen molar-refractivity contribution >= 4 is 30.4 Å². The molecule has 0 spiro atoms. The maximum atomic E-state index is 10.9. The van der Waals surface area contributed by atoms with Gasteiger partial charge in [0.05, 0.1) is 0 Å². The summed E-state index contributed by atoms with van der Waals surface area (Å²) in [6.07, 6.45) is 1.58. The van der Waals surface area contributed by atoms with Crippen molar-refractivity contribution in [2.45, 2.75) is 11.8 Å². The number of anilines is 1. The van der Waals surface area contributed by atoms with Crippen molar-refractivity contribution in [1.82, 2.24) is 0 Å². The highest BCUT2D eigenvalue weighted by atomic mass is 32.1. The van der Waals surface area contributed by atoms with E-state index >= 15 is 0 Å². The fraction of sp³-hybridized carbons (Fsp3) is 0.0625. The number of rotatable bonds is 3. The van der Waals surface area contributed by atoms with Crippen LogP contribution in [0.1, 0.15) is 12.5 Å². The molecule has 0 saturated heterocycles. The summed E-state index contributed by atoms with van der Waals surface area (Å²) in [6, 6.07) is 13.5. The van der Waals surface area contributed by atoms with Crippen LogP contribution in [0.3, 0.4) is 0 Å². The van der Waals surface area contributed by atoms with E-state index in [2.05, 4.69) is 12.6 Å². The summed E-state index contributed by atoms with van der Waals surface area (Å²) in [5.41, 5.74) is 9.38. The molecule has 0 atom stereocenters. The van der Waals surface area contributed by atoms with E-state index in [1.807, 2.05) is 42.5 Å². The molecule has 0 aromatic heterocycles. The van der Waals surface area contributed by atoms with Gasteiger partial charge < -0.3 is 10.8 Å². The molecule has 0 aliphatic carbocycles. The Morgan fingerprint density at radius 1 is 1.20 bits per heavy atom. The Hall–Kier alpha value is -2.20. The largest absolute Gasteiger partial charge is 0.478 e. The molecule has 0 fully saturated rings. The molecule has 2 rings (SSSR count). The van der Waals surface area contributed by atoms with E-state index in [1.165, 1.54) is 0 Å². The average molecular weight is 285 g/mol. The first kappa shape index (κ1) is 14.2. The van der Waals surface area contributed by atoms with Gasteiger partial charge in [-0.25, -0.2) is 4.79 Å². The maximum absolute atomic E-state index is 10.9. The van der Waals surface area contributed by atoms with Crippen LogP contribution in [0.5, 0.6) is 0 Å². The van der Waals surface area contributed by atoms with Gasteiger partial charge in [0.25, 0.3) is 0 Å². The Morgan fingerprint density at radius 2 is 1.85 bits per heavy atom. The van der Waals surface area contributed by atoms with E-state index in [9.17, 15) is 4.79 Å². The van der Waals surface area contributed by atoms with E-state index in [1.54, 1.807) is 13.0 Å². The van der Waals surface area contributed by atoms with Crippen molar-refractivity contribution in [3.8, 4) is 11.1 Å². The van der Waals surface area contributed by atoms with Gasteiger partial charge in [-0.05, 0) is 41.8 Å². The van der Waals surface area contributed by atoms with Crippen LogP contribution in [0, 0.1) is 0 Å². The first-order valence-electron chi connectivity index (χ1n) is 6.08. The minimum Gasteiger partial charge on any atom is -0.478 e. The normalized spacial score (nSPS) is 11.4. The van der Waals surface area contributed by atoms with Crippen LogP contribution >= 0.6 is 12.6 Å². The Labute approximate surface area is 123 Å². The van der Waals surface area contributed by atoms with E-state index in [-0.39, 0.29) is 5.57 Å². The van der Waals surface area contributed by atoms with E-state index < -0.39 is 5.97 Å². The topological polar surface area (TPSA) is 63.3 Å². The minimum atomic E-state index is -0.957. The summed E-state index contributed by atoms with van der Waals surface area (Å²) < 4.78 is 0. The fourth-order valence-electron chi connectivity index (χ4n) is 1.88. The van der Waals surface area contributed by atoms with Gasteiger partial charge in [-0.2, -0.15) is 0 Å². The van der Waals surface area contributed by atoms with E-state index in [0.29, 0.717) is 16.1 Å². The molecular weight excluding hydrogens is 270 g/mol. The predicted molar refractivity (Wildman–Crippen MR) is 84.8 cm³/mol. The number of aliphatic carboxylic acids is 1. The van der Waals surface area contributed by atoms with Crippen LogP contribution in [-0.4, -0.2) is 11.1 Å². The highest BCUT2D eigenvalue weighted by molar-refractivity contribution is 7.80. The standard InChI is InChI=1S/C16H15NO2S/c1-10(16(18)19)7-13-8-12(9-14(17)15(13)20)11-5-3-2-4-6-11/h2-9,20H,17H2,1H3,(H,18,19)/b10-7+. The third-order valence-corrected chi connectivity index (χ3v) is 3.50. The van der Waals surface area contributed by atoms with Crippen molar-refractivity contribution in [1.29, 1.82) is 0 Å². The van der Waals surface area contributed by atoms with Gasteiger partial charge in [0.15, 0.2) is 0 Å². The third-order valence-electron chi connectivity index (χ3n) is 2.99. The van der Waals surface area contributed by atoms with Crippen molar-refractivity contribution in [2.75, 3.05) is 5.73 Å². The fourth-order valence-corrected chi connectivity index (χ4v) is 2.08. The quantitative estimate of drug-likeness (QED) is 0.457. The van der Waals surface area contributed by atoms with Crippen molar-refractivity contribution in [3.63, 3.8) is 0 Å². The summed E-state index contributed by atoms with van der Waals surface area (Å²) in [5, 5.41) is 8.97. The Balaban J connectivity index is 2.56. The number of carboxylic acids is 1. The number of nitrogens with two attached hydrogens (primary N) is 1. The molecule has 0 amide bonds. The summed E-state index contributed by atoms with van der Waals surface area (Å²) in [7, 11) is 0. The lowest BCUT2D eigenvalue weighted by Gasteiger charge is -2.09. The number of carbonyl (C=O) groups is 1. The molecule has 0 unspecified atom stereocenters. The van der Waals surface area contributed by atoms with Gasteiger partial charge in [-0.15, -0.1) is 12.6 Å². The van der Waals surface area contributed by atoms with Crippen LogP contribution in [0.4, 0.5) is 5.69 Å². The van der Waals surface area contributed by atoms with Gasteiger partial charge in [0.1, 0.15) is 0 Å². The summed E-state index contributed by atoms with van der Waals surface area (Å²) in [5.74, 6) is -0.957. The molecule has 2 aromatic rings. The Bertz CT molecular complexity index is 678. The van der Waals surface area contributed by atoms with Gasteiger partial charge in [-0.3, -0.25) is 0 Å². The zero-order valence-electron chi connectivity index (χ0n) is 11.0. The summed E-state index contributed by atoms with van der Waals surface area (Å²) in [6.45, 7) is 1.54. The summed E-state index contributed by atoms with van der Waals surface area (Å²) >= 11 is 4.35. The highest BCUT2D eigenvalue weighted by Gasteiger charge is 2.08. The van der Waals surface area contributed by atoms with Crippen LogP contribution in [-0.2, 0) is 4.79 Å². The second-order valence-corrected chi connectivity index (χ2v) is 4.95. The van der Waals surface area contributed by atoms with E-state index in [0.717, 1.165) is 11.1 Å². The Kier molecular flexibility index (Phi) is 4.15. The minimum absolute atomic E-state index is 0.241. The molecule has 2 aromatic carbocycles. The second-order valence-electron chi connectivity index (χ2n) is 4.50. The Morgan fingerprint density at radius 3 is 2.45 bits per heavy atom. The number of hydrogen-bond donors (Lipinski definition) is 3. The van der Waals surface area contributed by atoms with Crippen LogP contribution in [0.15, 0.2) is 52.9 Å². The van der Waals surface area contributed by atoms with Gasteiger partial charge in [-0.1, -0.05) is 30.3 Å². The lowest BCUT2D eigenvalue weighted by molar-refractivity contribution is -0.132. The molecule has 3 N–H and O–H groups in total. The molecule has 0 radical (unpaired) electrons. The molecule has 0 aliphatic heterocycles. The lowest BCUT2D eigenvalue weighted by Crippen LogP contribution is -1.97. The van der Waals surface area contributed by atoms with E-state index in [4.69, 9.17) is 10.8 Å². The number of carboxylic acid groups (broad SMARTS) is 1. The molecule has 0 bridgehead atoms. The van der Waals surface area contributed by atoms with Crippen molar-refractivity contribution in [3.05, 3.63) is 53.6 Å². The maximum Gasteiger partial charge on any atom is 0.331 e. The zero-order chi connectivity index (χ0) is 14.7. The highest BCUT2D eigenvalue weighted by Crippen LogP contribution is 2.30. The molecule has 0 aliphatic rings. The summed E-state index contributed by atoms with van der Waals surface area (Å²) in [4.78, 5) is 11.5. The first-order valence-corrected chi connectivity index (χ1v) is 6.53. The van der Waals surface area contributed by atoms with Gasteiger partial charge in [0, 0.05) is 16.2 Å². The monoisotopic (exact) mass is 285 g/mol. The SMILES string of the molecule is C/C(=C\c1cc(-c2ccccc2)cc(N)c1S)C(=O)O. The predicted octanol–water partition coefficient (Wildman–Crippen LogP) is 3.71. The third kappa shape index (κ3) is 3.03. The van der Waals surface area contributed by atoms with Crippen LogP contribution < -0.4 is 5.73 Å². The molecule has 102 valence electrons. The number of hydrogen-bond acceptors (Lipinski definition) is 3. The zero-order valence-corrected chi connectivity index (χ0v) is 11.9. The van der Waals surface area contributed by atoms with Crippen LogP contribution in [0.25, 0.3) is 17.2 Å². The molecule has 0 heterocycles.